The number of benzene rings is 1. The summed E-state index contributed by atoms with van der Waals surface area (Å²) in [5.74, 6) is -0.591. The number of methoxy groups -OCH3 is 2. The first-order valence-electron chi connectivity index (χ1n) is 8.30. The summed E-state index contributed by atoms with van der Waals surface area (Å²) in [5.41, 5.74) is 0.820. The Hall–Kier alpha value is -2.83. The minimum atomic E-state index is -0.466. The molecule has 0 bridgehead atoms. The van der Waals surface area contributed by atoms with E-state index in [0.29, 0.717) is 18.8 Å². The quantitative estimate of drug-likeness (QED) is 0.531. The average Bonchev–Trinajstić information content (AvgIpc) is 2.64. The summed E-state index contributed by atoms with van der Waals surface area (Å²) in [4.78, 5) is 36.7. The Balaban J connectivity index is 2.81. The van der Waals surface area contributed by atoms with Crippen molar-refractivity contribution in [1.82, 2.24) is 10.2 Å². The van der Waals surface area contributed by atoms with Crippen LogP contribution in [0.1, 0.15) is 19.4 Å². The van der Waals surface area contributed by atoms with Gasteiger partial charge in [0.05, 0.1) is 20.1 Å². The summed E-state index contributed by atoms with van der Waals surface area (Å²) in [5, 5.41) is 2.65. The standard InChI is InChI=1S/C19H26N2O5/c1-14(19(24)26-4)13-21(11-10-20-15(2)22)18(23)9-8-16-6-5-7-17(12-16)25-3/h5-9,12,14H,10-11,13H2,1-4H3,(H,20,22)/b9-8+. The van der Waals surface area contributed by atoms with E-state index in [4.69, 9.17) is 9.47 Å². The molecule has 142 valence electrons. The molecule has 0 spiro atoms. The first-order valence-corrected chi connectivity index (χ1v) is 8.30. The molecule has 0 aliphatic carbocycles. The van der Waals surface area contributed by atoms with Crippen LogP contribution >= 0.6 is 0 Å². The Morgan fingerprint density at radius 3 is 2.62 bits per heavy atom. The lowest BCUT2D eigenvalue weighted by Gasteiger charge is -2.24. The second kappa shape index (κ2) is 10.9. The number of rotatable bonds is 9. The maximum atomic E-state index is 12.5. The molecule has 2 amide bonds. The fraction of sp³-hybridized carbons (Fsp3) is 0.421. The molecule has 0 aliphatic heterocycles. The van der Waals surface area contributed by atoms with Gasteiger partial charge in [-0.2, -0.15) is 0 Å². The zero-order valence-electron chi connectivity index (χ0n) is 15.7. The number of nitrogens with zero attached hydrogens (tertiary/aromatic N) is 1. The van der Waals surface area contributed by atoms with E-state index in [1.807, 2.05) is 24.3 Å². The van der Waals surface area contributed by atoms with Crippen molar-refractivity contribution >= 4 is 23.9 Å². The van der Waals surface area contributed by atoms with Crippen molar-refractivity contribution in [3.8, 4) is 5.75 Å². The number of nitrogens with one attached hydrogen (secondary N) is 1. The number of hydrogen-bond acceptors (Lipinski definition) is 5. The average molecular weight is 362 g/mol. The fourth-order valence-corrected chi connectivity index (χ4v) is 2.28. The van der Waals surface area contributed by atoms with Crippen molar-refractivity contribution in [3.05, 3.63) is 35.9 Å². The summed E-state index contributed by atoms with van der Waals surface area (Å²) >= 11 is 0. The Labute approximate surface area is 154 Å². The first kappa shape index (κ1) is 21.2. The molecule has 0 aliphatic rings. The van der Waals surface area contributed by atoms with E-state index in [-0.39, 0.29) is 24.3 Å². The molecule has 1 aromatic rings. The lowest BCUT2D eigenvalue weighted by molar-refractivity contribution is -0.146. The van der Waals surface area contributed by atoms with Crippen molar-refractivity contribution in [2.75, 3.05) is 33.9 Å². The van der Waals surface area contributed by atoms with Crippen molar-refractivity contribution in [2.45, 2.75) is 13.8 Å². The highest BCUT2D eigenvalue weighted by Crippen LogP contribution is 2.14. The third-order valence-electron chi connectivity index (χ3n) is 3.68. The molecule has 0 heterocycles. The van der Waals surface area contributed by atoms with E-state index in [2.05, 4.69) is 5.32 Å². The summed E-state index contributed by atoms with van der Waals surface area (Å²) in [6.45, 7) is 3.90. The van der Waals surface area contributed by atoms with Crippen LogP contribution < -0.4 is 10.1 Å². The molecule has 1 N–H and O–H groups in total. The molecule has 7 heteroatoms. The molecule has 0 radical (unpaired) electrons. The second-order valence-corrected chi connectivity index (χ2v) is 5.80. The normalized spacial score (nSPS) is 11.7. The zero-order valence-corrected chi connectivity index (χ0v) is 15.7. The predicted molar refractivity (Wildman–Crippen MR) is 98.5 cm³/mol. The minimum Gasteiger partial charge on any atom is -0.497 e. The molecule has 1 aromatic carbocycles. The van der Waals surface area contributed by atoms with Gasteiger partial charge in [0.2, 0.25) is 11.8 Å². The van der Waals surface area contributed by atoms with Gasteiger partial charge in [-0.05, 0) is 23.8 Å². The van der Waals surface area contributed by atoms with Gasteiger partial charge in [-0.15, -0.1) is 0 Å². The zero-order chi connectivity index (χ0) is 19.5. The molecule has 1 rings (SSSR count). The van der Waals surface area contributed by atoms with Crippen molar-refractivity contribution in [1.29, 1.82) is 0 Å². The molecule has 1 unspecified atom stereocenters. The van der Waals surface area contributed by atoms with Gasteiger partial charge in [0.1, 0.15) is 5.75 Å². The largest absolute Gasteiger partial charge is 0.497 e. The van der Waals surface area contributed by atoms with Gasteiger partial charge in [0, 0.05) is 32.6 Å². The highest BCUT2D eigenvalue weighted by atomic mass is 16.5. The van der Waals surface area contributed by atoms with Gasteiger partial charge < -0.3 is 19.7 Å². The second-order valence-electron chi connectivity index (χ2n) is 5.80. The monoisotopic (exact) mass is 362 g/mol. The highest BCUT2D eigenvalue weighted by Gasteiger charge is 2.20. The lowest BCUT2D eigenvalue weighted by Crippen LogP contribution is -2.41. The van der Waals surface area contributed by atoms with E-state index in [0.717, 1.165) is 5.56 Å². The van der Waals surface area contributed by atoms with E-state index >= 15 is 0 Å². The van der Waals surface area contributed by atoms with Gasteiger partial charge >= 0.3 is 5.97 Å². The summed E-state index contributed by atoms with van der Waals surface area (Å²) in [6.07, 6.45) is 3.12. The van der Waals surface area contributed by atoms with E-state index in [1.165, 1.54) is 25.0 Å². The van der Waals surface area contributed by atoms with Crippen LogP contribution in [-0.4, -0.2) is 56.5 Å². The number of amides is 2. The fourth-order valence-electron chi connectivity index (χ4n) is 2.28. The minimum absolute atomic E-state index is 0.176. The lowest BCUT2D eigenvalue weighted by atomic mass is 10.1. The molecule has 1 atom stereocenters. The Morgan fingerprint density at radius 2 is 2.00 bits per heavy atom. The van der Waals surface area contributed by atoms with Gasteiger partial charge in [0.25, 0.3) is 0 Å². The molecule has 7 nitrogen and oxygen atoms in total. The smallest absolute Gasteiger partial charge is 0.310 e. The first-order chi connectivity index (χ1) is 12.4. The van der Waals surface area contributed by atoms with Crippen LogP contribution in [0.4, 0.5) is 0 Å². The number of carbonyl (C=O) groups is 3. The molecule has 0 fully saturated rings. The van der Waals surface area contributed by atoms with Crippen LogP contribution in [0, 0.1) is 5.92 Å². The Morgan fingerprint density at radius 1 is 1.27 bits per heavy atom. The summed E-state index contributed by atoms with van der Waals surface area (Å²) < 4.78 is 9.87. The third kappa shape index (κ3) is 7.38. The van der Waals surface area contributed by atoms with Crippen LogP contribution in [0.15, 0.2) is 30.3 Å². The van der Waals surface area contributed by atoms with Crippen LogP contribution in [0.25, 0.3) is 6.08 Å². The van der Waals surface area contributed by atoms with Crippen LogP contribution in [0.5, 0.6) is 5.75 Å². The number of hydrogen-bond donors (Lipinski definition) is 1. The SMILES string of the molecule is COC(=O)C(C)CN(CCNC(C)=O)C(=O)/C=C/c1cccc(OC)c1. The van der Waals surface area contributed by atoms with Crippen LogP contribution in [0.2, 0.25) is 0 Å². The van der Waals surface area contributed by atoms with Gasteiger partial charge in [-0.3, -0.25) is 14.4 Å². The maximum Gasteiger partial charge on any atom is 0.310 e. The van der Waals surface area contributed by atoms with Crippen LogP contribution in [0.3, 0.4) is 0 Å². The third-order valence-corrected chi connectivity index (χ3v) is 3.68. The molecular weight excluding hydrogens is 336 g/mol. The number of esters is 1. The summed E-state index contributed by atoms with van der Waals surface area (Å²) in [7, 11) is 2.89. The molecule has 26 heavy (non-hydrogen) atoms. The van der Waals surface area contributed by atoms with Gasteiger partial charge in [-0.1, -0.05) is 19.1 Å². The van der Waals surface area contributed by atoms with Crippen LogP contribution in [-0.2, 0) is 19.1 Å². The van der Waals surface area contributed by atoms with E-state index < -0.39 is 5.92 Å². The van der Waals surface area contributed by atoms with Gasteiger partial charge in [0.15, 0.2) is 0 Å². The Bertz CT molecular complexity index is 657. The maximum absolute atomic E-state index is 12.5. The van der Waals surface area contributed by atoms with Gasteiger partial charge in [-0.25, -0.2) is 0 Å². The number of ether oxygens (including phenoxy) is 2. The van der Waals surface area contributed by atoms with Crippen molar-refractivity contribution in [2.24, 2.45) is 5.92 Å². The highest BCUT2D eigenvalue weighted by molar-refractivity contribution is 5.92. The molecule has 0 aromatic heterocycles. The molecular formula is C19H26N2O5. The van der Waals surface area contributed by atoms with E-state index in [1.54, 1.807) is 20.1 Å². The molecule has 0 saturated carbocycles. The number of carbonyl (C=O) groups excluding carboxylic acids is 3. The topological polar surface area (TPSA) is 84.9 Å². The van der Waals surface area contributed by atoms with Crippen molar-refractivity contribution < 1.29 is 23.9 Å². The van der Waals surface area contributed by atoms with E-state index in [9.17, 15) is 14.4 Å². The summed E-state index contributed by atoms with van der Waals surface area (Å²) in [6, 6.07) is 7.31. The molecule has 0 saturated heterocycles. The Kier molecular flexibility index (Phi) is 8.91. The van der Waals surface area contributed by atoms with Crippen molar-refractivity contribution in [3.63, 3.8) is 0 Å². The predicted octanol–water partition coefficient (Wildman–Crippen LogP) is 1.48.